The maximum atomic E-state index is 11.9. The van der Waals surface area contributed by atoms with Crippen LogP contribution in [0, 0.1) is 11.8 Å². The maximum Gasteiger partial charge on any atom is 0.310 e. The van der Waals surface area contributed by atoms with Gasteiger partial charge in [-0.3, -0.25) is 4.79 Å². The van der Waals surface area contributed by atoms with Gasteiger partial charge in [0.2, 0.25) is 0 Å². The third-order valence-corrected chi connectivity index (χ3v) is 4.36. The Labute approximate surface area is 110 Å². The molecule has 0 bridgehead atoms. The summed E-state index contributed by atoms with van der Waals surface area (Å²) in [7, 11) is 1.51. The van der Waals surface area contributed by atoms with Crippen molar-refractivity contribution in [3.05, 3.63) is 0 Å². The summed E-state index contributed by atoms with van der Waals surface area (Å²) in [6.45, 7) is 6.37. The predicted octanol–water partition coefficient (Wildman–Crippen LogP) is 1.26. The number of nitrogens with zero attached hydrogens (tertiary/aromatic N) is 1. The lowest BCUT2D eigenvalue weighted by Crippen LogP contribution is -2.42. The molecule has 0 radical (unpaired) electrons. The number of ether oxygens (including phenoxy) is 1. The zero-order valence-corrected chi connectivity index (χ0v) is 11.7. The minimum atomic E-state index is -0.0295. The Bertz CT molecular complexity index is 271. The molecule has 2 fully saturated rings. The molecule has 1 saturated heterocycles. The average Bonchev–Trinajstić information content (AvgIpc) is 3.23. The second kappa shape index (κ2) is 6.53. The minimum Gasteiger partial charge on any atom is -0.469 e. The molecule has 4 nitrogen and oxygen atoms in total. The smallest absolute Gasteiger partial charge is 0.310 e. The van der Waals surface area contributed by atoms with Gasteiger partial charge in [-0.25, -0.2) is 0 Å². The van der Waals surface area contributed by atoms with E-state index in [-0.39, 0.29) is 11.9 Å². The average molecular weight is 254 g/mol. The van der Waals surface area contributed by atoms with Crippen LogP contribution < -0.4 is 5.32 Å². The van der Waals surface area contributed by atoms with E-state index in [0.717, 1.165) is 39.0 Å². The van der Waals surface area contributed by atoms with E-state index in [1.165, 1.54) is 20.0 Å². The highest BCUT2D eigenvalue weighted by Gasteiger charge is 2.33. The summed E-state index contributed by atoms with van der Waals surface area (Å²) in [5, 5.41) is 3.48. The van der Waals surface area contributed by atoms with Crippen molar-refractivity contribution in [3.8, 4) is 0 Å². The number of likely N-dealkylation sites (tertiary alicyclic amines) is 1. The van der Waals surface area contributed by atoms with E-state index in [1.807, 2.05) is 0 Å². The van der Waals surface area contributed by atoms with Crippen molar-refractivity contribution in [1.82, 2.24) is 10.2 Å². The predicted molar refractivity (Wildman–Crippen MR) is 71.4 cm³/mol. The molecule has 1 aliphatic heterocycles. The summed E-state index contributed by atoms with van der Waals surface area (Å²) in [6.07, 6.45) is 4.78. The van der Waals surface area contributed by atoms with Crippen LogP contribution in [0.15, 0.2) is 0 Å². The van der Waals surface area contributed by atoms with E-state index < -0.39 is 0 Å². The zero-order chi connectivity index (χ0) is 13.0. The van der Waals surface area contributed by atoms with Crippen LogP contribution in [0.1, 0.15) is 32.6 Å². The highest BCUT2D eigenvalue weighted by molar-refractivity contribution is 5.73. The molecule has 18 heavy (non-hydrogen) atoms. The Morgan fingerprint density at radius 2 is 2.00 bits per heavy atom. The first kappa shape index (κ1) is 13.8. The van der Waals surface area contributed by atoms with E-state index in [1.54, 1.807) is 0 Å². The van der Waals surface area contributed by atoms with Gasteiger partial charge in [0, 0.05) is 12.6 Å². The minimum absolute atomic E-state index is 0.0295. The lowest BCUT2D eigenvalue weighted by Gasteiger charge is -2.34. The molecule has 0 aromatic carbocycles. The van der Waals surface area contributed by atoms with Crippen LogP contribution in [-0.4, -0.2) is 50.2 Å². The van der Waals surface area contributed by atoms with Gasteiger partial charge < -0.3 is 15.0 Å². The van der Waals surface area contributed by atoms with Gasteiger partial charge >= 0.3 is 5.97 Å². The topological polar surface area (TPSA) is 41.6 Å². The zero-order valence-electron chi connectivity index (χ0n) is 11.7. The molecule has 1 aliphatic carbocycles. The normalized spacial score (nSPS) is 23.9. The first-order valence-corrected chi connectivity index (χ1v) is 7.28. The first-order chi connectivity index (χ1) is 8.74. The Morgan fingerprint density at radius 3 is 2.50 bits per heavy atom. The van der Waals surface area contributed by atoms with Gasteiger partial charge in [0.1, 0.15) is 0 Å². The number of nitrogens with one attached hydrogen (secondary N) is 1. The van der Waals surface area contributed by atoms with Crippen molar-refractivity contribution in [2.75, 3.05) is 33.3 Å². The summed E-state index contributed by atoms with van der Waals surface area (Å²) in [5.41, 5.74) is 0. The van der Waals surface area contributed by atoms with Gasteiger partial charge in [0.05, 0.1) is 13.0 Å². The summed E-state index contributed by atoms with van der Waals surface area (Å²) < 4.78 is 4.98. The number of hydrogen-bond acceptors (Lipinski definition) is 4. The summed E-state index contributed by atoms with van der Waals surface area (Å²) in [6, 6.07) is 0.660. The fourth-order valence-electron chi connectivity index (χ4n) is 2.85. The van der Waals surface area contributed by atoms with Crippen molar-refractivity contribution in [3.63, 3.8) is 0 Å². The van der Waals surface area contributed by atoms with Crippen LogP contribution in [0.25, 0.3) is 0 Å². The molecule has 1 atom stereocenters. The van der Waals surface area contributed by atoms with Crippen molar-refractivity contribution >= 4 is 5.97 Å². The molecule has 0 amide bonds. The Kier molecular flexibility index (Phi) is 5.01. The van der Waals surface area contributed by atoms with E-state index in [4.69, 9.17) is 4.74 Å². The number of rotatable bonds is 6. The van der Waals surface area contributed by atoms with Crippen molar-refractivity contribution in [1.29, 1.82) is 0 Å². The molecule has 104 valence electrons. The van der Waals surface area contributed by atoms with Crippen LogP contribution in [0.2, 0.25) is 0 Å². The molecule has 1 unspecified atom stereocenters. The molecule has 0 aromatic rings. The lowest BCUT2D eigenvalue weighted by atomic mass is 9.84. The van der Waals surface area contributed by atoms with Crippen molar-refractivity contribution in [2.45, 2.75) is 38.6 Å². The van der Waals surface area contributed by atoms with Crippen LogP contribution in [0.5, 0.6) is 0 Å². The van der Waals surface area contributed by atoms with Gasteiger partial charge in [-0.2, -0.15) is 0 Å². The third kappa shape index (κ3) is 3.69. The third-order valence-electron chi connectivity index (χ3n) is 4.36. The van der Waals surface area contributed by atoms with E-state index in [0.29, 0.717) is 12.0 Å². The van der Waals surface area contributed by atoms with Crippen LogP contribution in [-0.2, 0) is 9.53 Å². The van der Waals surface area contributed by atoms with Crippen LogP contribution >= 0.6 is 0 Å². The second-order valence-corrected chi connectivity index (χ2v) is 5.58. The van der Waals surface area contributed by atoms with E-state index in [2.05, 4.69) is 17.1 Å². The molecular formula is C14H26N2O2. The van der Waals surface area contributed by atoms with Gasteiger partial charge in [0.25, 0.3) is 0 Å². The highest BCUT2D eigenvalue weighted by atomic mass is 16.5. The molecule has 1 saturated carbocycles. The number of esters is 1. The van der Waals surface area contributed by atoms with Crippen LogP contribution in [0.3, 0.4) is 0 Å². The molecule has 4 heteroatoms. The monoisotopic (exact) mass is 254 g/mol. The Morgan fingerprint density at radius 1 is 1.33 bits per heavy atom. The number of methoxy groups -OCH3 is 1. The Hall–Kier alpha value is -0.610. The van der Waals surface area contributed by atoms with Gasteiger partial charge in [0.15, 0.2) is 0 Å². The number of hydrogen-bond donors (Lipinski definition) is 1. The largest absolute Gasteiger partial charge is 0.469 e. The molecule has 0 spiro atoms. The molecular weight excluding hydrogens is 228 g/mol. The lowest BCUT2D eigenvalue weighted by molar-refractivity contribution is -0.148. The fraction of sp³-hybridized carbons (Fsp3) is 0.929. The highest BCUT2D eigenvalue weighted by Crippen LogP contribution is 2.27. The molecule has 2 rings (SSSR count). The number of carbonyl (C=O) groups is 1. The summed E-state index contributed by atoms with van der Waals surface area (Å²) in [5.74, 6) is 0.513. The first-order valence-electron chi connectivity index (χ1n) is 7.28. The second-order valence-electron chi connectivity index (χ2n) is 5.58. The van der Waals surface area contributed by atoms with Crippen molar-refractivity contribution in [2.24, 2.45) is 11.8 Å². The number of piperidine rings is 1. The quantitative estimate of drug-likeness (QED) is 0.725. The molecule has 2 aliphatic rings. The Balaban J connectivity index is 1.84. The van der Waals surface area contributed by atoms with E-state index >= 15 is 0 Å². The van der Waals surface area contributed by atoms with Gasteiger partial charge in [-0.05, 0) is 51.2 Å². The SMILES string of the molecule is CCN1CCC(C(CNC2CC2)C(=O)OC)CC1. The van der Waals surface area contributed by atoms with Gasteiger partial charge in [-0.1, -0.05) is 6.92 Å². The van der Waals surface area contributed by atoms with Gasteiger partial charge in [-0.15, -0.1) is 0 Å². The maximum absolute atomic E-state index is 11.9. The number of carbonyl (C=O) groups excluding carboxylic acids is 1. The molecule has 1 heterocycles. The molecule has 1 N–H and O–H groups in total. The van der Waals surface area contributed by atoms with Crippen LogP contribution in [0.4, 0.5) is 0 Å². The summed E-state index contributed by atoms with van der Waals surface area (Å²) in [4.78, 5) is 14.4. The van der Waals surface area contributed by atoms with Crippen molar-refractivity contribution < 1.29 is 9.53 Å². The molecule has 0 aromatic heterocycles. The fourth-order valence-corrected chi connectivity index (χ4v) is 2.85. The standard InChI is InChI=1S/C14H26N2O2/c1-3-16-8-6-11(7-9-16)13(14(17)18-2)10-15-12-4-5-12/h11-13,15H,3-10H2,1-2H3. The van der Waals surface area contributed by atoms with E-state index in [9.17, 15) is 4.79 Å². The summed E-state index contributed by atoms with van der Waals surface area (Å²) >= 11 is 0.